The summed E-state index contributed by atoms with van der Waals surface area (Å²) in [6.45, 7) is 1.85. The summed E-state index contributed by atoms with van der Waals surface area (Å²) in [5.41, 5.74) is 4.38. The lowest BCUT2D eigenvalue weighted by Gasteiger charge is -2.09. The first-order valence-corrected chi connectivity index (χ1v) is 8.72. The maximum Gasteiger partial charge on any atom is 0.328 e. The van der Waals surface area contributed by atoms with Crippen LogP contribution in [-0.4, -0.2) is 29.9 Å². The van der Waals surface area contributed by atoms with Gasteiger partial charge >= 0.3 is 5.69 Å². The Kier molecular flexibility index (Phi) is 5.32. The maximum absolute atomic E-state index is 12.0. The van der Waals surface area contributed by atoms with Crippen LogP contribution in [-0.2, 0) is 27.1 Å². The van der Waals surface area contributed by atoms with Crippen molar-refractivity contribution < 1.29 is 14.8 Å². The Hall–Kier alpha value is -2.73. The van der Waals surface area contributed by atoms with Gasteiger partial charge in [0, 0.05) is 26.1 Å². The molecular formula is C20H26N3O3+. The van der Waals surface area contributed by atoms with Gasteiger partial charge in [0.05, 0.1) is 31.8 Å². The van der Waals surface area contributed by atoms with Crippen molar-refractivity contribution in [3.05, 3.63) is 58.0 Å². The van der Waals surface area contributed by atoms with Crippen LogP contribution < -0.4 is 20.5 Å². The number of hydrogen-bond acceptors (Lipinski definition) is 3. The summed E-state index contributed by atoms with van der Waals surface area (Å²) in [6, 6.07) is 12.3. The van der Waals surface area contributed by atoms with Gasteiger partial charge in [-0.3, -0.25) is 9.13 Å². The first-order chi connectivity index (χ1) is 12.5. The van der Waals surface area contributed by atoms with Crippen molar-refractivity contribution in [1.29, 1.82) is 0 Å². The summed E-state index contributed by atoms with van der Waals surface area (Å²) in [4.78, 5) is 12.0. The Morgan fingerprint density at radius 1 is 0.885 bits per heavy atom. The zero-order valence-corrected chi connectivity index (χ0v) is 15.8. The number of aromatic nitrogens is 2. The second-order valence-corrected chi connectivity index (χ2v) is 6.44. The van der Waals surface area contributed by atoms with E-state index in [1.807, 2.05) is 25.2 Å². The van der Waals surface area contributed by atoms with Gasteiger partial charge < -0.3 is 14.8 Å². The van der Waals surface area contributed by atoms with Gasteiger partial charge in [-0.15, -0.1) is 0 Å². The van der Waals surface area contributed by atoms with Gasteiger partial charge in [0.25, 0.3) is 0 Å². The second kappa shape index (κ2) is 7.66. The molecule has 0 amide bonds. The van der Waals surface area contributed by atoms with Crippen molar-refractivity contribution in [1.82, 2.24) is 9.13 Å². The molecular weight excluding hydrogens is 330 g/mol. The first kappa shape index (κ1) is 18.1. The Labute approximate surface area is 153 Å². The number of imidazole rings is 1. The van der Waals surface area contributed by atoms with Crippen LogP contribution in [0.3, 0.4) is 0 Å². The predicted octanol–water partition coefficient (Wildman–Crippen LogP) is 1.20. The summed E-state index contributed by atoms with van der Waals surface area (Å²) >= 11 is 0. The monoisotopic (exact) mass is 356 g/mol. The molecule has 2 aromatic carbocycles. The number of nitrogens with two attached hydrogens (primary N) is 1. The third-order valence-electron chi connectivity index (χ3n) is 4.80. The lowest BCUT2D eigenvalue weighted by atomic mass is 10.1. The number of methoxy groups -OCH3 is 2. The van der Waals surface area contributed by atoms with Crippen LogP contribution in [0.15, 0.2) is 41.2 Å². The van der Waals surface area contributed by atoms with E-state index in [4.69, 9.17) is 9.47 Å². The molecule has 3 rings (SSSR count). The van der Waals surface area contributed by atoms with Crippen LogP contribution in [0.5, 0.6) is 11.5 Å². The highest BCUT2D eigenvalue weighted by Crippen LogP contribution is 2.27. The highest BCUT2D eigenvalue weighted by atomic mass is 16.5. The molecule has 0 unspecified atom stereocenters. The lowest BCUT2D eigenvalue weighted by molar-refractivity contribution is -0.670. The fourth-order valence-electron chi connectivity index (χ4n) is 3.25. The fourth-order valence-corrected chi connectivity index (χ4v) is 3.25. The van der Waals surface area contributed by atoms with Gasteiger partial charge in [-0.2, -0.15) is 0 Å². The summed E-state index contributed by atoms with van der Waals surface area (Å²) in [5, 5.41) is 2.28. The van der Waals surface area contributed by atoms with E-state index in [1.165, 1.54) is 11.1 Å². The third-order valence-corrected chi connectivity index (χ3v) is 4.80. The zero-order valence-electron chi connectivity index (χ0n) is 15.8. The molecule has 1 aromatic heterocycles. The molecule has 6 nitrogen and oxygen atoms in total. The van der Waals surface area contributed by atoms with Gasteiger partial charge in [-0.1, -0.05) is 12.1 Å². The van der Waals surface area contributed by atoms with E-state index in [1.54, 1.807) is 30.4 Å². The summed E-state index contributed by atoms with van der Waals surface area (Å²) in [6.07, 6.45) is 0.951. The molecule has 0 saturated heterocycles. The molecule has 2 N–H and O–H groups in total. The predicted molar refractivity (Wildman–Crippen MR) is 102 cm³/mol. The lowest BCUT2D eigenvalue weighted by Crippen LogP contribution is -2.83. The Morgan fingerprint density at radius 3 is 2.31 bits per heavy atom. The molecule has 0 spiro atoms. The quantitative estimate of drug-likeness (QED) is 0.647. The van der Waals surface area contributed by atoms with Gasteiger partial charge in [0.15, 0.2) is 11.5 Å². The number of benzene rings is 2. The van der Waals surface area contributed by atoms with E-state index in [-0.39, 0.29) is 5.69 Å². The molecule has 0 fully saturated rings. The highest BCUT2D eigenvalue weighted by molar-refractivity contribution is 5.76. The molecule has 138 valence electrons. The van der Waals surface area contributed by atoms with E-state index >= 15 is 0 Å². The smallest absolute Gasteiger partial charge is 0.328 e. The number of nitrogens with zero attached hydrogens (tertiary/aromatic N) is 2. The van der Waals surface area contributed by atoms with Gasteiger partial charge in [-0.25, -0.2) is 4.79 Å². The van der Waals surface area contributed by atoms with Gasteiger partial charge in [0.1, 0.15) is 6.54 Å². The minimum Gasteiger partial charge on any atom is -0.493 e. The normalized spacial score (nSPS) is 11.1. The van der Waals surface area contributed by atoms with E-state index in [2.05, 4.69) is 23.5 Å². The average Bonchev–Trinajstić information content (AvgIpc) is 2.89. The molecule has 0 aliphatic carbocycles. The Morgan fingerprint density at radius 2 is 1.58 bits per heavy atom. The van der Waals surface area contributed by atoms with E-state index < -0.39 is 0 Å². The van der Waals surface area contributed by atoms with E-state index in [0.717, 1.165) is 42.0 Å². The van der Waals surface area contributed by atoms with E-state index in [0.29, 0.717) is 0 Å². The molecule has 3 aromatic rings. The topological polar surface area (TPSA) is 62.0 Å². The van der Waals surface area contributed by atoms with Crippen molar-refractivity contribution in [3.8, 4) is 11.5 Å². The molecule has 0 aliphatic heterocycles. The maximum atomic E-state index is 12.0. The van der Waals surface area contributed by atoms with Crippen LogP contribution in [0.25, 0.3) is 11.0 Å². The van der Waals surface area contributed by atoms with E-state index in [9.17, 15) is 4.79 Å². The minimum atomic E-state index is 0.00887. The molecule has 0 bridgehead atoms. The number of quaternary nitrogens is 1. The summed E-state index contributed by atoms with van der Waals surface area (Å²) < 4.78 is 14.0. The molecule has 6 heteroatoms. The van der Waals surface area contributed by atoms with Crippen molar-refractivity contribution in [3.63, 3.8) is 0 Å². The van der Waals surface area contributed by atoms with Crippen LogP contribution >= 0.6 is 0 Å². The Balaban J connectivity index is 1.61. The number of ether oxygens (including phenoxy) is 2. The minimum absolute atomic E-state index is 0.00887. The number of hydrogen-bond donors (Lipinski definition) is 1. The van der Waals surface area contributed by atoms with Crippen LogP contribution in [0.1, 0.15) is 11.1 Å². The van der Waals surface area contributed by atoms with Crippen LogP contribution in [0.4, 0.5) is 0 Å². The zero-order chi connectivity index (χ0) is 18.7. The molecule has 1 heterocycles. The molecule has 0 saturated carbocycles. The number of fused-ring (bicyclic) bond motifs is 1. The van der Waals surface area contributed by atoms with Crippen molar-refractivity contribution in [2.24, 2.45) is 14.1 Å². The molecule has 0 aliphatic rings. The summed E-state index contributed by atoms with van der Waals surface area (Å²) in [7, 11) is 6.92. The largest absolute Gasteiger partial charge is 0.493 e. The van der Waals surface area contributed by atoms with Crippen molar-refractivity contribution >= 4 is 11.0 Å². The van der Waals surface area contributed by atoms with Gasteiger partial charge in [-0.05, 0) is 29.8 Å². The highest BCUT2D eigenvalue weighted by Gasteiger charge is 2.09. The average molecular weight is 356 g/mol. The van der Waals surface area contributed by atoms with Crippen molar-refractivity contribution in [2.75, 3.05) is 20.8 Å². The molecule has 0 atom stereocenters. The fraction of sp³-hybridized carbons (Fsp3) is 0.350. The molecule has 26 heavy (non-hydrogen) atoms. The van der Waals surface area contributed by atoms with Crippen molar-refractivity contribution in [2.45, 2.75) is 13.0 Å². The SMILES string of the molecule is COc1ccc(CC[NH2+]Cc2ccc3c(c2)n(C)c(=O)n3C)cc1OC. The van der Waals surface area contributed by atoms with Crippen LogP contribution in [0, 0.1) is 0 Å². The number of aryl methyl sites for hydroxylation is 2. The van der Waals surface area contributed by atoms with Gasteiger partial charge in [0.2, 0.25) is 0 Å². The molecule has 0 radical (unpaired) electrons. The Bertz CT molecular complexity index is 972. The standard InChI is InChI=1S/C20H25N3O3/c1-22-16-7-5-15(11-17(16)23(2)20(22)24)13-21-10-9-14-6-8-18(25-3)19(12-14)26-4/h5-8,11-12,21H,9-10,13H2,1-4H3/p+1. The number of rotatable bonds is 7. The second-order valence-electron chi connectivity index (χ2n) is 6.44. The third kappa shape index (κ3) is 3.46. The first-order valence-electron chi connectivity index (χ1n) is 8.72. The summed E-state index contributed by atoms with van der Waals surface area (Å²) in [5.74, 6) is 1.52. The van der Waals surface area contributed by atoms with Crippen LogP contribution in [0.2, 0.25) is 0 Å².